The van der Waals surface area contributed by atoms with E-state index in [9.17, 15) is 5.11 Å². The predicted molar refractivity (Wildman–Crippen MR) is 131 cm³/mol. The minimum atomic E-state index is -2.22. The fraction of sp³-hybridized carbons (Fsp3) is 0.478. The van der Waals surface area contributed by atoms with Gasteiger partial charge in [0.25, 0.3) is 0 Å². The highest BCUT2D eigenvalue weighted by Gasteiger charge is 2.51. The number of ether oxygens (including phenoxy) is 1. The van der Waals surface area contributed by atoms with Crippen LogP contribution >= 0.6 is 0 Å². The van der Waals surface area contributed by atoms with Gasteiger partial charge in [-0.2, -0.15) is 0 Å². The van der Waals surface area contributed by atoms with Crippen LogP contribution in [0.1, 0.15) is 32.6 Å². The smallest absolute Gasteiger partial charge is 0.192 e. The Labute approximate surface area is 194 Å². The number of fused-ring (bicyclic) bond motifs is 1. The molecule has 3 aromatic rings. The number of hydrogen-bond acceptors (Lipinski definition) is 8. The number of benzene rings is 1. The lowest BCUT2D eigenvalue weighted by atomic mass is 10.1. The number of nitrogens with two attached hydrogens (primary N) is 1. The maximum atomic E-state index is 10.2. The van der Waals surface area contributed by atoms with E-state index in [4.69, 9.17) is 19.9 Å². The third-order valence-electron chi connectivity index (χ3n) is 6.59. The summed E-state index contributed by atoms with van der Waals surface area (Å²) >= 11 is 0. The Balaban J connectivity index is 1.77. The van der Waals surface area contributed by atoms with Crippen LogP contribution in [0.25, 0.3) is 11.2 Å². The van der Waals surface area contributed by atoms with Crippen molar-refractivity contribution in [3.05, 3.63) is 48.5 Å². The third kappa shape index (κ3) is 4.56. The highest BCUT2D eigenvalue weighted by molar-refractivity contribution is 6.74. The van der Waals surface area contributed by atoms with E-state index in [1.54, 1.807) is 6.33 Å². The van der Waals surface area contributed by atoms with E-state index >= 15 is 0 Å². The molecule has 33 heavy (non-hydrogen) atoms. The molecule has 10 heteroatoms. The normalized spacial score (nSPS) is 24.2. The summed E-state index contributed by atoms with van der Waals surface area (Å²) < 4.78 is 15.0. The molecule has 2 aromatic heterocycles. The van der Waals surface area contributed by atoms with Gasteiger partial charge < -0.3 is 20.0 Å². The molecule has 0 spiro atoms. The standard InChI is InChI=1S/C23H32N6O3Si/c1-23(2,3)33(4,5)32-19-17(25-11-15-9-7-6-8-10-15)16(12-30)31-22(19)29-14-28-18-20(24)26-13-27-21(18)29/h6-11,13-14,16-17,19,22,30H,12H2,1-5H3,(H2,24,26,27)/b25-11-/t16-,17-,19-,22-/m1/s1. The summed E-state index contributed by atoms with van der Waals surface area (Å²) in [6.45, 7) is 10.8. The summed E-state index contributed by atoms with van der Waals surface area (Å²) in [5.74, 6) is 0.302. The van der Waals surface area contributed by atoms with Crippen molar-refractivity contribution in [1.29, 1.82) is 0 Å². The zero-order valence-electron chi connectivity index (χ0n) is 19.7. The van der Waals surface area contributed by atoms with E-state index in [1.165, 1.54) is 6.33 Å². The molecule has 1 aliphatic rings. The maximum Gasteiger partial charge on any atom is 0.192 e. The first-order valence-corrected chi connectivity index (χ1v) is 14.0. The van der Waals surface area contributed by atoms with Gasteiger partial charge in [-0.3, -0.25) is 9.56 Å². The number of imidazole rings is 1. The number of aliphatic imine (C=N–C) groups is 1. The Bertz CT molecular complexity index is 1130. The van der Waals surface area contributed by atoms with Gasteiger partial charge in [-0.1, -0.05) is 51.1 Å². The largest absolute Gasteiger partial charge is 0.407 e. The van der Waals surface area contributed by atoms with Crippen LogP contribution in [0.5, 0.6) is 0 Å². The Morgan fingerprint density at radius 2 is 1.94 bits per heavy atom. The van der Waals surface area contributed by atoms with Crippen molar-refractivity contribution in [2.45, 2.75) is 63.4 Å². The molecular weight excluding hydrogens is 436 g/mol. The van der Waals surface area contributed by atoms with E-state index in [1.807, 2.05) is 41.1 Å². The SMILES string of the molecule is CC(C)(C)[Si](C)(C)O[C@@H]1[C@H](/N=C\c2ccccc2)[C@@H](CO)O[C@H]1n1cnc2c(N)ncnc21. The molecular formula is C23H32N6O3Si. The molecule has 1 fully saturated rings. The molecule has 0 amide bonds. The topological polar surface area (TPSA) is 121 Å². The molecule has 1 aliphatic heterocycles. The summed E-state index contributed by atoms with van der Waals surface area (Å²) in [6, 6.07) is 9.44. The van der Waals surface area contributed by atoms with Crippen molar-refractivity contribution in [1.82, 2.24) is 19.5 Å². The number of nitrogens with zero attached hydrogens (tertiary/aromatic N) is 5. The minimum absolute atomic E-state index is 0.0217. The number of nitrogen functional groups attached to an aromatic ring is 1. The number of aliphatic hydroxyl groups excluding tert-OH is 1. The van der Waals surface area contributed by atoms with E-state index < -0.39 is 32.8 Å². The van der Waals surface area contributed by atoms with Crippen LogP contribution in [0, 0.1) is 0 Å². The number of aliphatic hydroxyl groups is 1. The molecule has 176 valence electrons. The quantitative estimate of drug-likeness (QED) is 0.421. The van der Waals surface area contributed by atoms with E-state index in [0.717, 1.165) is 5.56 Å². The molecule has 0 saturated carbocycles. The molecule has 9 nitrogen and oxygen atoms in total. The fourth-order valence-corrected chi connectivity index (χ4v) is 4.98. The van der Waals surface area contributed by atoms with E-state index in [2.05, 4.69) is 48.8 Å². The summed E-state index contributed by atoms with van der Waals surface area (Å²) in [5, 5.41) is 10.1. The van der Waals surface area contributed by atoms with Gasteiger partial charge in [0.05, 0.1) is 12.9 Å². The first kappa shape index (κ1) is 23.5. The molecule has 1 saturated heterocycles. The van der Waals surface area contributed by atoms with Crippen LogP contribution in [0.2, 0.25) is 18.1 Å². The maximum absolute atomic E-state index is 10.2. The van der Waals surface area contributed by atoms with Gasteiger partial charge in [-0.05, 0) is 23.7 Å². The molecule has 4 rings (SSSR count). The van der Waals surface area contributed by atoms with Gasteiger partial charge in [-0.25, -0.2) is 15.0 Å². The number of aromatic nitrogens is 4. The fourth-order valence-electron chi connectivity index (χ4n) is 3.69. The lowest BCUT2D eigenvalue weighted by Gasteiger charge is -2.40. The number of hydrogen-bond donors (Lipinski definition) is 2. The van der Waals surface area contributed by atoms with E-state index in [-0.39, 0.29) is 11.6 Å². The summed E-state index contributed by atoms with van der Waals surface area (Å²) in [6.07, 6.45) is 3.29. The van der Waals surface area contributed by atoms with E-state index in [0.29, 0.717) is 17.0 Å². The summed E-state index contributed by atoms with van der Waals surface area (Å²) in [7, 11) is -2.22. The molecule has 0 unspecified atom stereocenters. The second kappa shape index (κ2) is 8.94. The molecule has 0 radical (unpaired) electrons. The first-order chi connectivity index (χ1) is 15.6. The van der Waals surface area contributed by atoms with Crippen LogP contribution in [0.3, 0.4) is 0 Å². The van der Waals surface area contributed by atoms with Crippen LogP contribution in [-0.4, -0.2) is 64.0 Å². The van der Waals surface area contributed by atoms with Crippen molar-refractivity contribution >= 4 is 31.5 Å². The third-order valence-corrected chi connectivity index (χ3v) is 11.1. The monoisotopic (exact) mass is 468 g/mol. The van der Waals surface area contributed by atoms with Crippen molar-refractivity contribution < 1.29 is 14.3 Å². The van der Waals surface area contributed by atoms with Crippen molar-refractivity contribution in [3.8, 4) is 0 Å². The molecule has 0 aliphatic carbocycles. The highest BCUT2D eigenvalue weighted by atomic mass is 28.4. The predicted octanol–water partition coefficient (Wildman–Crippen LogP) is 3.18. The van der Waals surface area contributed by atoms with Gasteiger partial charge in [0.15, 0.2) is 26.0 Å². The van der Waals surface area contributed by atoms with Gasteiger partial charge in [0.1, 0.15) is 30.1 Å². The molecule has 4 atom stereocenters. The van der Waals surface area contributed by atoms with Crippen molar-refractivity contribution in [2.75, 3.05) is 12.3 Å². The highest BCUT2D eigenvalue weighted by Crippen LogP contribution is 2.43. The van der Waals surface area contributed by atoms with Crippen molar-refractivity contribution in [2.24, 2.45) is 4.99 Å². The molecule has 1 aromatic carbocycles. The van der Waals surface area contributed by atoms with Gasteiger partial charge >= 0.3 is 0 Å². The van der Waals surface area contributed by atoms with Crippen LogP contribution in [0.4, 0.5) is 5.82 Å². The second-order valence-corrected chi connectivity index (χ2v) is 14.6. The van der Waals surface area contributed by atoms with Crippen LogP contribution < -0.4 is 5.73 Å². The Morgan fingerprint density at radius 1 is 1.21 bits per heavy atom. The first-order valence-electron chi connectivity index (χ1n) is 11.1. The molecule has 3 N–H and O–H groups in total. The average molecular weight is 469 g/mol. The average Bonchev–Trinajstić information content (AvgIpc) is 3.34. The van der Waals surface area contributed by atoms with Gasteiger partial charge in [0, 0.05) is 6.21 Å². The zero-order valence-corrected chi connectivity index (χ0v) is 20.7. The minimum Gasteiger partial charge on any atom is -0.407 e. The van der Waals surface area contributed by atoms with Gasteiger partial charge in [-0.15, -0.1) is 0 Å². The van der Waals surface area contributed by atoms with Crippen LogP contribution in [-0.2, 0) is 9.16 Å². The number of rotatable bonds is 6. The second-order valence-electron chi connectivity index (χ2n) is 9.85. The number of anilines is 1. The lowest BCUT2D eigenvalue weighted by Crippen LogP contribution is -2.48. The Hall–Kier alpha value is -2.66. The van der Waals surface area contributed by atoms with Crippen LogP contribution in [0.15, 0.2) is 48.0 Å². The Morgan fingerprint density at radius 3 is 2.61 bits per heavy atom. The zero-order chi connectivity index (χ0) is 23.8. The summed E-state index contributed by atoms with van der Waals surface area (Å²) in [4.78, 5) is 17.7. The lowest BCUT2D eigenvalue weighted by molar-refractivity contribution is -0.0462. The molecule has 3 heterocycles. The van der Waals surface area contributed by atoms with Crippen molar-refractivity contribution in [3.63, 3.8) is 0 Å². The Kier molecular flexibility index (Phi) is 6.36. The summed E-state index contributed by atoms with van der Waals surface area (Å²) in [5.41, 5.74) is 8.03. The molecule has 0 bridgehead atoms. The van der Waals surface area contributed by atoms with Gasteiger partial charge in [0.2, 0.25) is 0 Å².